The number of carbonyl (C=O) groups excluding carboxylic acids is 1. The van der Waals surface area contributed by atoms with E-state index in [4.69, 9.17) is 9.47 Å². The summed E-state index contributed by atoms with van der Waals surface area (Å²) in [6.07, 6.45) is 3.51. The summed E-state index contributed by atoms with van der Waals surface area (Å²) in [5.74, 6) is 1.34. The summed E-state index contributed by atoms with van der Waals surface area (Å²) >= 11 is 0. The number of nitrogens with one attached hydrogen (secondary N) is 2. The summed E-state index contributed by atoms with van der Waals surface area (Å²) in [6, 6.07) is 5.09. The number of rotatable bonds is 5. The molecule has 0 fully saturated rings. The molecule has 1 amide bonds. The van der Waals surface area contributed by atoms with Crippen molar-refractivity contribution in [1.29, 1.82) is 0 Å². The number of carbonyl (C=O) groups is 1. The van der Waals surface area contributed by atoms with Crippen LogP contribution in [0.4, 0.5) is 0 Å². The number of likely N-dealkylation sites (N-methyl/N-ethyl adjacent to an activating group) is 1. The van der Waals surface area contributed by atoms with Crippen molar-refractivity contribution in [3.63, 3.8) is 0 Å². The number of benzene rings is 1. The van der Waals surface area contributed by atoms with Gasteiger partial charge in [-0.1, -0.05) is 6.07 Å². The van der Waals surface area contributed by atoms with Crippen LogP contribution < -0.4 is 20.1 Å². The lowest BCUT2D eigenvalue weighted by atomic mass is 10.1. The van der Waals surface area contributed by atoms with Crippen LogP contribution in [0.1, 0.15) is 30.1 Å². The van der Waals surface area contributed by atoms with E-state index in [1.165, 1.54) is 0 Å². The van der Waals surface area contributed by atoms with E-state index in [0.717, 1.165) is 16.9 Å². The zero-order chi connectivity index (χ0) is 16.4. The molecule has 3 rings (SSSR count). The highest BCUT2D eigenvalue weighted by Crippen LogP contribution is 2.34. The fourth-order valence-electron chi connectivity index (χ4n) is 2.60. The number of aryl methyl sites for hydroxylation is 1. The molecule has 23 heavy (non-hydrogen) atoms. The van der Waals surface area contributed by atoms with E-state index in [2.05, 4.69) is 15.7 Å². The fraction of sp³-hybridized carbons (Fsp3) is 0.375. The van der Waals surface area contributed by atoms with Gasteiger partial charge in [0.15, 0.2) is 11.5 Å². The summed E-state index contributed by atoms with van der Waals surface area (Å²) in [5.41, 5.74) is 1.79. The Kier molecular flexibility index (Phi) is 4.20. The first kappa shape index (κ1) is 15.4. The van der Waals surface area contributed by atoms with Crippen LogP contribution in [-0.4, -0.2) is 29.5 Å². The summed E-state index contributed by atoms with van der Waals surface area (Å²) in [5, 5.41) is 10.1. The normalized spacial score (nSPS) is 15.3. The van der Waals surface area contributed by atoms with Gasteiger partial charge in [-0.3, -0.25) is 9.48 Å². The van der Waals surface area contributed by atoms with Crippen LogP contribution in [0.25, 0.3) is 0 Å². The van der Waals surface area contributed by atoms with E-state index in [0.29, 0.717) is 5.75 Å². The minimum Gasteiger partial charge on any atom is -0.454 e. The van der Waals surface area contributed by atoms with Gasteiger partial charge in [-0.15, -0.1) is 0 Å². The summed E-state index contributed by atoms with van der Waals surface area (Å²) in [4.78, 5) is 12.5. The van der Waals surface area contributed by atoms with Crippen LogP contribution in [0.15, 0.2) is 30.6 Å². The van der Waals surface area contributed by atoms with Crippen molar-refractivity contribution in [1.82, 2.24) is 20.4 Å². The molecule has 1 aromatic heterocycles. The number of nitrogens with zero attached hydrogens (tertiary/aromatic N) is 2. The van der Waals surface area contributed by atoms with Gasteiger partial charge in [0.05, 0.1) is 12.2 Å². The Morgan fingerprint density at radius 1 is 1.30 bits per heavy atom. The number of hydrogen-bond donors (Lipinski definition) is 2. The molecule has 0 saturated heterocycles. The smallest absolute Gasteiger partial charge is 0.242 e. The van der Waals surface area contributed by atoms with Gasteiger partial charge < -0.3 is 20.1 Å². The Morgan fingerprint density at radius 2 is 2.09 bits per heavy atom. The second-order valence-electron chi connectivity index (χ2n) is 5.51. The monoisotopic (exact) mass is 316 g/mol. The molecule has 1 aliphatic rings. The SMILES string of the molecule is CNC(C(=O)NC(C)c1ccc2c(c1)OCO2)c1cnn(C)c1. The van der Waals surface area contributed by atoms with Gasteiger partial charge in [0.1, 0.15) is 6.04 Å². The van der Waals surface area contributed by atoms with Crippen molar-refractivity contribution in [2.24, 2.45) is 7.05 Å². The van der Waals surface area contributed by atoms with E-state index in [1.807, 2.05) is 38.4 Å². The predicted octanol–water partition coefficient (Wildman–Crippen LogP) is 1.29. The molecular formula is C16H20N4O3. The van der Waals surface area contributed by atoms with Crippen molar-refractivity contribution in [2.45, 2.75) is 19.0 Å². The molecule has 1 aliphatic heterocycles. The highest BCUT2D eigenvalue weighted by molar-refractivity contribution is 5.83. The molecule has 2 unspecified atom stereocenters. The minimum absolute atomic E-state index is 0.106. The average Bonchev–Trinajstić information content (AvgIpc) is 3.16. The zero-order valence-corrected chi connectivity index (χ0v) is 13.4. The predicted molar refractivity (Wildman–Crippen MR) is 84.1 cm³/mol. The van der Waals surface area contributed by atoms with Crippen LogP contribution >= 0.6 is 0 Å². The first-order valence-electron chi connectivity index (χ1n) is 7.44. The third-order valence-corrected chi connectivity index (χ3v) is 3.86. The van der Waals surface area contributed by atoms with Gasteiger partial charge in [-0.05, 0) is 31.7 Å². The van der Waals surface area contributed by atoms with Crippen LogP contribution in [0.2, 0.25) is 0 Å². The van der Waals surface area contributed by atoms with E-state index in [1.54, 1.807) is 17.9 Å². The lowest BCUT2D eigenvalue weighted by Gasteiger charge is -2.19. The first-order valence-corrected chi connectivity index (χ1v) is 7.44. The maximum atomic E-state index is 12.5. The number of aromatic nitrogens is 2. The zero-order valence-electron chi connectivity index (χ0n) is 13.4. The van der Waals surface area contributed by atoms with Crippen molar-refractivity contribution in [3.8, 4) is 11.5 Å². The first-order chi connectivity index (χ1) is 11.1. The second kappa shape index (κ2) is 6.29. The van der Waals surface area contributed by atoms with Gasteiger partial charge in [-0.2, -0.15) is 5.10 Å². The Morgan fingerprint density at radius 3 is 2.78 bits per heavy atom. The molecule has 122 valence electrons. The summed E-state index contributed by atoms with van der Waals surface area (Å²) < 4.78 is 12.4. The topological polar surface area (TPSA) is 77.4 Å². The molecule has 7 heteroatoms. The van der Waals surface area contributed by atoms with E-state index in [9.17, 15) is 4.79 Å². The van der Waals surface area contributed by atoms with Crippen LogP contribution in [0, 0.1) is 0 Å². The van der Waals surface area contributed by atoms with Gasteiger partial charge >= 0.3 is 0 Å². The lowest BCUT2D eigenvalue weighted by Crippen LogP contribution is -2.37. The van der Waals surface area contributed by atoms with Crippen LogP contribution in [0.3, 0.4) is 0 Å². The summed E-state index contributed by atoms with van der Waals surface area (Å²) in [6.45, 7) is 2.17. The van der Waals surface area contributed by atoms with E-state index >= 15 is 0 Å². The maximum Gasteiger partial charge on any atom is 0.242 e. The summed E-state index contributed by atoms with van der Waals surface area (Å²) in [7, 11) is 3.58. The molecule has 2 heterocycles. The third-order valence-electron chi connectivity index (χ3n) is 3.86. The molecule has 0 radical (unpaired) electrons. The Labute approximate surface area is 134 Å². The Balaban J connectivity index is 1.71. The second-order valence-corrected chi connectivity index (χ2v) is 5.51. The quantitative estimate of drug-likeness (QED) is 0.869. The van der Waals surface area contributed by atoms with Crippen molar-refractivity contribution >= 4 is 5.91 Å². The van der Waals surface area contributed by atoms with Gasteiger partial charge in [0.2, 0.25) is 12.7 Å². The van der Waals surface area contributed by atoms with Crippen LogP contribution in [-0.2, 0) is 11.8 Å². The molecule has 0 aliphatic carbocycles. The average molecular weight is 316 g/mol. The Bertz CT molecular complexity index is 713. The van der Waals surface area contributed by atoms with Gasteiger partial charge in [0, 0.05) is 18.8 Å². The van der Waals surface area contributed by atoms with Gasteiger partial charge in [-0.25, -0.2) is 0 Å². The molecule has 7 nitrogen and oxygen atoms in total. The molecule has 0 saturated carbocycles. The number of ether oxygens (including phenoxy) is 2. The standard InChI is InChI=1S/C16H20N4O3/c1-10(11-4-5-13-14(6-11)23-9-22-13)19-16(21)15(17-2)12-7-18-20(3)8-12/h4-8,10,15,17H,9H2,1-3H3,(H,19,21). The molecule has 2 aromatic rings. The molecule has 2 N–H and O–H groups in total. The number of hydrogen-bond acceptors (Lipinski definition) is 5. The van der Waals surface area contributed by atoms with Crippen molar-refractivity contribution in [3.05, 3.63) is 41.7 Å². The molecule has 1 aromatic carbocycles. The van der Waals surface area contributed by atoms with Crippen molar-refractivity contribution in [2.75, 3.05) is 13.8 Å². The van der Waals surface area contributed by atoms with Crippen LogP contribution in [0.5, 0.6) is 11.5 Å². The van der Waals surface area contributed by atoms with E-state index in [-0.39, 0.29) is 18.7 Å². The Hall–Kier alpha value is -2.54. The van der Waals surface area contributed by atoms with Gasteiger partial charge in [0.25, 0.3) is 0 Å². The third kappa shape index (κ3) is 3.14. The molecular weight excluding hydrogens is 296 g/mol. The molecule has 2 atom stereocenters. The number of fused-ring (bicyclic) bond motifs is 1. The minimum atomic E-state index is -0.444. The largest absolute Gasteiger partial charge is 0.454 e. The fourth-order valence-corrected chi connectivity index (χ4v) is 2.60. The molecule has 0 bridgehead atoms. The maximum absolute atomic E-state index is 12.5. The number of amides is 1. The lowest BCUT2D eigenvalue weighted by molar-refractivity contribution is -0.123. The highest BCUT2D eigenvalue weighted by Gasteiger charge is 2.23. The highest BCUT2D eigenvalue weighted by atomic mass is 16.7. The van der Waals surface area contributed by atoms with Crippen molar-refractivity contribution < 1.29 is 14.3 Å². The van der Waals surface area contributed by atoms with E-state index < -0.39 is 6.04 Å². The molecule has 0 spiro atoms.